The standard InChI is InChI=1S/C13H9BrCl3NOS/c1-19-12(13(15,16)17)18-10-4-2-3-8(5-10)11-6-9(14)7-20-11/h2-7H,1H3. The van der Waals surface area contributed by atoms with Crippen LogP contribution in [0.2, 0.25) is 0 Å². The molecule has 0 radical (unpaired) electrons. The first-order valence-electron chi connectivity index (χ1n) is 5.44. The van der Waals surface area contributed by atoms with E-state index in [4.69, 9.17) is 39.5 Å². The number of hydrogen-bond donors (Lipinski definition) is 0. The van der Waals surface area contributed by atoms with Crippen LogP contribution >= 0.6 is 62.1 Å². The van der Waals surface area contributed by atoms with E-state index >= 15 is 0 Å². The molecule has 0 atom stereocenters. The van der Waals surface area contributed by atoms with Gasteiger partial charge in [-0.25, -0.2) is 4.99 Å². The third-order valence-electron chi connectivity index (χ3n) is 2.36. The smallest absolute Gasteiger partial charge is 0.266 e. The summed E-state index contributed by atoms with van der Waals surface area (Å²) in [5.41, 5.74) is 1.71. The fourth-order valence-corrected chi connectivity index (χ4v) is 3.32. The van der Waals surface area contributed by atoms with Crippen molar-refractivity contribution in [3.05, 3.63) is 40.2 Å². The lowest BCUT2D eigenvalue weighted by Crippen LogP contribution is -2.20. The molecule has 1 aromatic carbocycles. The van der Waals surface area contributed by atoms with Crippen molar-refractivity contribution in [2.75, 3.05) is 7.11 Å². The van der Waals surface area contributed by atoms with Gasteiger partial charge in [-0.3, -0.25) is 0 Å². The second-order valence-electron chi connectivity index (χ2n) is 3.80. The number of methoxy groups -OCH3 is 1. The van der Waals surface area contributed by atoms with Crippen LogP contribution in [-0.2, 0) is 4.74 Å². The Kier molecular flexibility index (Phi) is 5.37. The van der Waals surface area contributed by atoms with E-state index in [0.29, 0.717) is 5.69 Å². The van der Waals surface area contributed by atoms with E-state index in [1.54, 1.807) is 11.3 Å². The first-order chi connectivity index (χ1) is 9.40. The molecule has 0 unspecified atom stereocenters. The van der Waals surface area contributed by atoms with Gasteiger partial charge in [-0.15, -0.1) is 11.3 Å². The fourth-order valence-electron chi connectivity index (χ4n) is 1.54. The van der Waals surface area contributed by atoms with Crippen molar-refractivity contribution in [2.45, 2.75) is 3.79 Å². The molecule has 2 nitrogen and oxygen atoms in total. The van der Waals surface area contributed by atoms with Crippen LogP contribution in [0.5, 0.6) is 0 Å². The van der Waals surface area contributed by atoms with E-state index in [1.165, 1.54) is 7.11 Å². The van der Waals surface area contributed by atoms with Crippen LogP contribution in [0.25, 0.3) is 10.4 Å². The zero-order valence-electron chi connectivity index (χ0n) is 10.2. The molecule has 0 fully saturated rings. The van der Waals surface area contributed by atoms with Crippen LogP contribution in [0.4, 0.5) is 5.69 Å². The monoisotopic (exact) mass is 411 g/mol. The first-order valence-corrected chi connectivity index (χ1v) is 8.25. The average Bonchev–Trinajstić information content (AvgIpc) is 2.82. The van der Waals surface area contributed by atoms with Crippen molar-refractivity contribution in [1.82, 2.24) is 0 Å². The van der Waals surface area contributed by atoms with Crippen LogP contribution in [0.15, 0.2) is 45.2 Å². The van der Waals surface area contributed by atoms with E-state index in [0.717, 1.165) is 14.9 Å². The highest BCUT2D eigenvalue weighted by Gasteiger charge is 2.29. The lowest BCUT2D eigenvalue weighted by molar-refractivity contribution is 0.395. The minimum atomic E-state index is -1.68. The Hall–Kier alpha value is -0.260. The third-order valence-corrected chi connectivity index (χ3v) is 4.59. The number of rotatable bonds is 2. The summed E-state index contributed by atoms with van der Waals surface area (Å²) in [6.45, 7) is 0. The summed E-state index contributed by atoms with van der Waals surface area (Å²) in [7, 11) is 1.42. The van der Waals surface area contributed by atoms with Crippen molar-refractivity contribution in [3.8, 4) is 10.4 Å². The molecule has 0 amide bonds. The summed E-state index contributed by atoms with van der Waals surface area (Å²) in [6.07, 6.45) is 0. The van der Waals surface area contributed by atoms with E-state index in [1.807, 2.05) is 35.7 Å². The predicted molar refractivity (Wildman–Crippen MR) is 91.8 cm³/mol. The van der Waals surface area contributed by atoms with E-state index in [9.17, 15) is 0 Å². The summed E-state index contributed by atoms with van der Waals surface area (Å²) in [5.74, 6) is 0.0343. The topological polar surface area (TPSA) is 21.6 Å². The van der Waals surface area contributed by atoms with E-state index in [-0.39, 0.29) is 5.90 Å². The summed E-state index contributed by atoms with van der Waals surface area (Å²) in [5, 5.41) is 2.02. The van der Waals surface area contributed by atoms with E-state index < -0.39 is 3.79 Å². The molecule has 1 heterocycles. The molecule has 20 heavy (non-hydrogen) atoms. The Morgan fingerprint density at radius 2 is 2.05 bits per heavy atom. The second-order valence-corrected chi connectivity index (χ2v) is 7.91. The number of halogens is 4. The quantitative estimate of drug-likeness (QED) is 0.325. The van der Waals surface area contributed by atoms with Crippen molar-refractivity contribution < 1.29 is 4.74 Å². The lowest BCUT2D eigenvalue weighted by Gasteiger charge is -2.12. The van der Waals surface area contributed by atoms with Crippen LogP contribution in [0.3, 0.4) is 0 Å². The Morgan fingerprint density at radius 3 is 2.60 bits per heavy atom. The molecule has 0 aliphatic heterocycles. The lowest BCUT2D eigenvalue weighted by atomic mass is 10.2. The van der Waals surface area contributed by atoms with Gasteiger partial charge in [0.1, 0.15) is 0 Å². The molecule has 7 heteroatoms. The van der Waals surface area contributed by atoms with Crippen LogP contribution in [0.1, 0.15) is 0 Å². The van der Waals surface area contributed by atoms with Gasteiger partial charge >= 0.3 is 0 Å². The Balaban J connectivity index is 2.37. The first kappa shape index (κ1) is 16.1. The van der Waals surface area contributed by atoms with Crippen LogP contribution < -0.4 is 0 Å². The number of ether oxygens (including phenoxy) is 1. The third kappa shape index (κ3) is 4.12. The van der Waals surface area contributed by atoms with Crippen LogP contribution in [0, 0.1) is 0 Å². The van der Waals surface area contributed by atoms with Crippen molar-refractivity contribution in [1.29, 1.82) is 0 Å². The van der Waals surface area contributed by atoms with Crippen molar-refractivity contribution in [3.63, 3.8) is 0 Å². The molecule has 0 saturated carbocycles. The average molecular weight is 414 g/mol. The number of thiophene rings is 1. The van der Waals surface area contributed by atoms with Crippen molar-refractivity contribution in [2.24, 2.45) is 4.99 Å². The number of alkyl halides is 3. The van der Waals surface area contributed by atoms with Gasteiger partial charge in [-0.2, -0.15) is 0 Å². The molecule has 1 aromatic heterocycles. The van der Waals surface area contributed by atoms with Gasteiger partial charge in [0.15, 0.2) is 0 Å². The molecule has 0 aliphatic carbocycles. The molecule has 0 saturated heterocycles. The molecule has 2 rings (SSSR count). The fraction of sp³-hybridized carbons (Fsp3) is 0.154. The predicted octanol–water partition coefficient (Wildman–Crippen LogP) is 6.22. The van der Waals surface area contributed by atoms with Crippen LogP contribution in [-0.4, -0.2) is 16.8 Å². The Labute approximate surface area is 144 Å². The van der Waals surface area contributed by atoms with Crippen molar-refractivity contribution >= 4 is 73.7 Å². The maximum Gasteiger partial charge on any atom is 0.266 e. The van der Waals surface area contributed by atoms with Gasteiger partial charge < -0.3 is 4.74 Å². The summed E-state index contributed by atoms with van der Waals surface area (Å²) < 4.78 is 4.38. The van der Waals surface area contributed by atoms with Gasteiger partial charge in [0, 0.05) is 14.7 Å². The minimum absolute atomic E-state index is 0.0343. The summed E-state index contributed by atoms with van der Waals surface area (Å²) in [4.78, 5) is 5.36. The summed E-state index contributed by atoms with van der Waals surface area (Å²) >= 11 is 22.4. The van der Waals surface area contributed by atoms with Gasteiger partial charge in [0.05, 0.1) is 12.8 Å². The number of benzene rings is 1. The summed E-state index contributed by atoms with van der Waals surface area (Å²) in [6, 6.07) is 9.67. The maximum atomic E-state index is 5.78. The van der Waals surface area contributed by atoms with Gasteiger partial charge in [-0.1, -0.05) is 46.9 Å². The molecular weight excluding hydrogens is 404 g/mol. The largest absolute Gasteiger partial charge is 0.481 e. The highest BCUT2D eigenvalue weighted by molar-refractivity contribution is 9.10. The second kappa shape index (κ2) is 6.67. The molecule has 0 aliphatic rings. The highest BCUT2D eigenvalue weighted by Crippen LogP contribution is 2.33. The van der Waals surface area contributed by atoms with Gasteiger partial charge in [0.25, 0.3) is 3.79 Å². The molecule has 106 valence electrons. The maximum absolute atomic E-state index is 5.78. The van der Waals surface area contributed by atoms with Gasteiger partial charge in [0.2, 0.25) is 5.90 Å². The molecule has 0 spiro atoms. The molecule has 0 N–H and O–H groups in total. The van der Waals surface area contributed by atoms with Gasteiger partial charge in [-0.05, 0) is 39.7 Å². The highest BCUT2D eigenvalue weighted by atomic mass is 79.9. The normalized spacial score (nSPS) is 12.6. The zero-order valence-corrected chi connectivity index (χ0v) is 14.9. The molecular formula is C13H9BrCl3NOS. The minimum Gasteiger partial charge on any atom is -0.481 e. The SMILES string of the molecule is COC(=Nc1cccc(-c2cc(Br)cs2)c1)C(Cl)(Cl)Cl. The Morgan fingerprint density at radius 1 is 1.30 bits per heavy atom. The number of hydrogen-bond acceptors (Lipinski definition) is 3. The van der Waals surface area contributed by atoms with E-state index in [2.05, 4.69) is 20.9 Å². The molecule has 2 aromatic rings. The molecule has 0 bridgehead atoms. The number of nitrogens with zero attached hydrogens (tertiary/aromatic N) is 1. The number of aliphatic imine (C=N–C) groups is 1. The zero-order chi connectivity index (χ0) is 14.8. The Bertz CT molecular complexity index is 637.